The first-order chi connectivity index (χ1) is 12.4. The molecule has 5 nitrogen and oxygen atoms in total. The van der Waals surface area contributed by atoms with E-state index in [2.05, 4.69) is 0 Å². The molecule has 0 aliphatic carbocycles. The normalized spacial score (nSPS) is 12.7. The lowest BCUT2D eigenvalue weighted by Crippen LogP contribution is -2.08. The third-order valence-corrected chi connectivity index (χ3v) is 4.46. The first-order valence-corrected chi connectivity index (χ1v) is 8.79. The molecule has 1 aliphatic heterocycles. The van der Waals surface area contributed by atoms with Crippen LogP contribution in [-0.4, -0.2) is 17.9 Å². The number of fused-ring (bicyclic) bond motifs is 1. The zero-order valence-electron chi connectivity index (χ0n) is 15.5. The van der Waals surface area contributed by atoms with Crippen molar-refractivity contribution in [2.75, 3.05) is 6.79 Å². The number of ether oxygens (including phenoxy) is 3. The Labute approximate surface area is 153 Å². The van der Waals surface area contributed by atoms with Gasteiger partial charge in [0.15, 0.2) is 11.5 Å². The lowest BCUT2D eigenvalue weighted by Gasteiger charge is -2.17. The van der Waals surface area contributed by atoms with Crippen LogP contribution >= 0.6 is 0 Å². The number of esters is 1. The highest BCUT2D eigenvalue weighted by Crippen LogP contribution is 2.35. The molecular formula is C21H24O5. The van der Waals surface area contributed by atoms with Crippen molar-refractivity contribution in [2.45, 2.75) is 46.1 Å². The number of benzene rings is 2. The van der Waals surface area contributed by atoms with Gasteiger partial charge in [-0.1, -0.05) is 33.8 Å². The minimum absolute atomic E-state index is 0.106. The third-order valence-electron chi connectivity index (χ3n) is 4.46. The number of carbonyl (C=O) groups excluding carboxylic acids is 1. The topological polar surface area (TPSA) is 65.0 Å². The maximum atomic E-state index is 12.6. The molecule has 3 rings (SSSR count). The number of phenolic OH excluding ortho intramolecular Hbond substituents is 1. The smallest absolute Gasteiger partial charge is 0.338 e. The van der Waals surface area contributed by atoms with Crippen LogP contribution in [0.3, 0.4) is 0 Å². The van der Waals surface area contributed by atoms with Crippen molar-refractivity contribution < 1.29 is 24.1 Å². The molecule has 1 heterocycles. The molecule has 0 saturated carbocycles. The van der Waals surface area contributed by atoms with Crippen molar-refractivity contribution in [2.24, 2.45) is 0 Å². The first-order valence-electron chi connectivity index (χ1n) is 8.79. The molecule has 0 spiro atoms. The van der Waals surface area contributed by atoms with Gasteiger partial charge in [-0.2, -0.15) is 0 Å². The maximum absolute atomic E-state index is 12.6. The second-order valence-corrected chi connectivity index (χ2v) is 7.08. The standard InChI is InChI=1S/C21H24O5/c1-12(2)16-8-15(9-17(13(3)4)20(16)22)21(23)24-10-14-5-6-18-19(7-14)26-11-25-18/h5-9,12-13,22H,10-11H2,1-4H3. The van der Waals surface area contributed by atoms with Gasteiger partial charge in [-0.25, -0.2) is 4.79 Å². The molecule has 1 N–H and O–H groups in total. The maximum Gasteiger partial charge on any atom is 0.338 e. The van der Waals surface area contributed by atoms with Gasteiger partial charge in [0.1, 0.15) is 12.4 Å². The Kier molecular flexibility index (Phi) is 5.07. The summed E-state index contributed by atoms with van der Waals surface area (Å²) in [7, 11) is 0. The fourth-order valence-corrected chi connectivity index (χ4v) is 2.94. The van der Waals surface area contributed by atoms with E-state index >= 15 is 0 Å². The molecule has 1 aliphatic rings. The average Bonchev–Trinajstić information content (AvgIpc) is 3.07. The molecule has 0 amide bonds. The van der Waals surface area contributed by atoms with E-state index in [4.69, 9.17) is 14.2 Å². The predicted molar refractivity (Wildman–Crippen MR) is 98.0 cm³/mol. The molecule has 26 heavy (non-hydrogen) atoms. The lowest BCUT2D eigenvalue weighted by atomic mass is 9.91. The predicted octanol–water partition coefficient (Wildman–Crippen LogP) is 4.72. The molecule has 0 atom stereocenters. The van der Waals surface area contributed by atoms with Crippen LogP contribution in [-0.2, 0) is 11.3 Å². The largest absolute Gasteiger partial charge is 0.507 e. The van der Waals surface area contributed by atoms with E-state index in [1.165, 1.54) is 0 Å². The highest BCUT2D eigenvalue weighted by Gasteiger charge is 2.19. The van der Waals surface area contributed by atoms with Crippen LogP contribution < -0.4 is 9.47 Å². The monoisotopic (exact) mass is 356 g/mol. The Hall–Kier alpha value is -2.69. The second-order valence-electron chi connectivity index (χ2n) is 7.08. The summed E-state index contributed by atoms with van der Waals surface area (Å²) in [6.45, 7) is 8.30. The Morgan fingerprint density at radius 2 is 1.65 bits per heavy atom. The summed E-state index contributed by atoms with van der Waals surface area (Å²) < 4.78 is 16.1. The van der Waals surface area contributed by atoms with Crippen LogP contribution in [0.2, 0.25) is 0 Å². The molecular weight excluding hydrogens is 332 g/mol. The summed E-state index contributed by atoms with van der Waals surface area (Å²) >= 11 is 0. The van der Waals surface area contributed by atoms with E-state index in [0.29, 0.717) is 17.1 Å². The Morgan fingerprint density at radius 1 is 1.04 bits per heavy atom. The lowest BCUT2D eigenvalue weighted by molar-refractivity contribution is 0.0472. The van der Waals surface area contributed by atoms with Gasteiger partial charge in [0.2, 0.25) is 6.79 Å². The summed E-state index contributed by atoms with van der Waals surface area (Å²) in [6.07, 6.45) is 0. The molecule has 2 aromatic rings. The van der Waals surface area contributed by atoms with Crippen molar-refractivity contribution in [3.05, 3.63) is 52.6 Å². The summed E-state index contributed by atoms with van der Waals surface area (Å²) in [5, 5.41) is 10.5. The zero-order valence-corrected chi connectivity index (χ0v) is 15.5. The highest BCUT2D eigenvalue weighted by molar-refractivity contribution is 5.90. The molecule has 0 saturated heterocycles. The number of phenols is 1. The average molecular weight is 356 g/mol. The summed E-state index contributed by atoms with van der Waals surface area (Å²) in [5.74, 6) is 1.42. The van der Waals surface area contributed by atoms with E-state index in [-0.39, 0.29) is 31.0 Å². The molecule has 0 unspecified atom stereocenters. The Morgan fingerprint density at radius 3 is 2.27 bits per heavy atom. The minimum atomic E-state index is -0.411. The molecule has 138 valence electrons. The summed E-state index contributed by atoms with van der Waals surface area (Å²) in [4.78, 5) is 12.6. The molecule has 5 heteroatoms. The van der Waals surface area contributed by atoms with Crippen molar-refractivity contribution in [3.63, 3.8) is 0 Å². The number of carbonyl (C=O) groups is 1. The fraction of sp³-hybridized carbons (Fsp3) is 0.381. The van der Waals surface area contributed by atoms with Crippen LogP contribution in [0.25, 0.3) is 0 Å². The van der Waals surface area contributed by atoms with Crippen LogP contribution in [0, 0.1) is 0 Å². The van der Waals surface area contributed by atoms with E-state index in [9.17, 15) is 9.90 Å². The fourth-order valence-electron chi connectivity index (χ4n) is 2.94. The van der Waals surface area contributed by atoms with Gasteiger partial charge in [-0.05, 0) is 52.8 Å². The molecule has 0 fully saturated rings. The zero-order chi connectivity index (χ0) is 18.8. The SMILES string of the molecule is CC(C)c1cc(C(=O)OCc2ccc3c(c2)OCO3)cc(C(C)C)c1O. The van der Waals surface area contributed by atoms with Crippen molar-refractivity contribution >= 4 is 5.97 Å². The van der Waals surface area contributed by atoms with E-state index in [1.54, 1.807) is 18.2 Å². The molecule has 2 aromatic carbocycles. The van der Waals surface area contributed by atoms with Crippen LogP contribution in [0.5, 0.6) is 17.2 Å². The third kappa shape index (κ3) is 3.62. The number of hydrogen-bond donors (Lipinski definition) is 1. The minimum Gasteiger partial charge on any atom is -0.507 e. The molecule has 0 radical (unpaired) electrons. The highest BCUT2D eigenvalue weighted by atomic mass is 16.7. The second kappa shape index (κ2) is 7.28. The molecule has 0 aromatic heterocycles. The van der Waals surface area contributed by atoms with E-state index < -0.39 is 5.97 Å². The number of hydrogen-bond acceptors (Lipinski definition) is 5. The summed E-state index contributed by atoms with van der Waals surface area (Å²) in [5.41, 5.74) is 2.79. The Bertz CT molecular complexity index is 794. The van der Waals surface area contributed by atoms with Crippen molar-refractivity contribution in [1.82, 2.24) is 0 Å². The van der Waals surface area contributed by atoms with Gasteiger partial charge in [0, 0.05) is 0 Å². The molecule has 0 bridgehead atoms. The van der Waals surface area contributed by atoms with Gasteiger partial charge in [0.05, 0.1) is 5.56 Å². The van der Waals surface area contributed by atoms with Crippen LogP contribution in [0.15, 0.2) is 30.3 Å². The summed E-state index contributed by atoms with van der Waals surface area (Å²) in [6, 6.07) is 8.89. The van der Waals surface area contributed by atoms with Crippen molar-refractivity contribution in [3.8, 4) is 17.2 Å². The first kappa shape index (κ1) is 18.1. The number of aromatic hydroxyl groups is 1. The van der Waals surface area contributed by atoms with Gasteiger partial charge >= 0.3 is 5.97 Å². The van der Waals surface area contributed by atoms with E-state index in [0.717, 1.165) is 16.7 Å². The van der Waals surface area contributed by atoms with Gasteiger partial charge in [-0.3, -0.25) is 0 Å². The quantitative estimate of drug-likeness (QED) is 0.785. The van der Waals surface area contributed by atoms with E-state index in [1.807, 2.05) is 39.8 Å². The van der Waals surface area contributed by atoms with Crippen molar-refractivity contribution in [1.29, 1.82) is 0 Å². The van der Waals surface area contributed by atoms with Crippen LogP contribution in [0.1, 0.15) is 66.6 Å². The Balaban J connectivity index is 1.79. The van der Waals surface area contributed by atoms with Crippen LogP contribution in [0.4, 0.5) is 0 Å². The number of rotatable bonds is 5. The van der Waals surface area contributed by atoms with Gasteiger partial charge in [0.25, 0.3) is 0 Å². The van der Waals surface area contributed by atoms with Gasteiger partial charge < -0.3 is 19.3 Å². The van der Waals surface area contributed by atoms with Gasteiger partial charge in [-0.15, -0.1) is 0 Å².